The van der Waals surface area contributed by atoms with Crippen molar-refractivity contribution in [3.63, 3.8) is 0 Å². The number of rotatable bonds is 2. The largest absolute Gasteiger partial charge is 0.477 e. The highest BCUT2D eigenvalue weighted by Gasteiger charge is 2.20. The van der Waals surface area contributed by atoms with Crippen LogP contribution in [0.3, 0.4) is 0 Å². The molecule has 0 bridgehead atoms. The van der Waals surface area contributed by atoms with Gasteiger partial charge in [0.25, 0.3) is 0 Å². The molecule has 1 N–H and O–H groups in total. The summed E-state index contributed by atoms with van der Waals surface area (Å²) in [6.07, 6.45) is 0.842. The molecule has 1 aromatic heterocycles. The van der Waals surface area contributed by atoms with Gasteiger partial charge in [0, 0.05) is 31.2 Å². The lowest BCUT2D eigenvalue weighted by Crippen LogP contribution is -2.36. The van der Waals surface area contributed by atoms with E-state index in [2.05, 4.69) is 23.7 Å². The molecule has 0 unspecified atom stereocenters. The molecule has 1 aliphatic rings. The first kappa shape index (κ1) is 11.1. The van der Waals surface area contributed by atoms with Crippen LogP contribution >= 0.6 is 0 Å². The number of fused-ring (bicyclic) bond motifs is 1. The maximum absolute atomic E-state index is 10.8. The molecule has 2 rings (SSSR count). The summed E-state index contributed by atoms with van der Waals surface area (Å²) in [5.41, 5.74) is 2.25. The smallest absolute Gasteiger partial charge is 0.354 e. The summed E-state index contributed by atoms with van der Waals surface area (Å²) >= 11 is 0. The number of pyridine rings is 1. The Balaban J connectivity index is 2.25. The average molecular weight is 220 g/mol. The van der Waals surface area contributed by atoms with Crippen LogP contribution in [0.4, 0.5) is 0 Å². The first-order valence-corrected chi connectivity index (χ1v) is 5.54. The van der Waals surface area contributed by atoms with E-state index in [1.807, 2.05) is 6.07 Å². The third-order valence-corrected chi connectivity index (χ3v) is 3.03. The van der Waals surface area contributed by atoms with Crippen molar-refractivity contribution in [2.75, 3.05) is 6.54 Å². The molecule has 2 heterocycles. The molecule has 1 aromatic rings. The highest BCUT2D eigenvalue weighted by molar-refractivity contribution is 5.85. The molecule has 0 atom stereocenters. The number of aromatic carboxylic acids is 1. The molecule has 0 saturated carbocycles. The van der Waals surface area contributed by atoms with Gasteiger partial charge in [-0.2, -0.15) is 0 Å². The van der Waals surface area contributed by atoms with E-state index in [4.69, 9.17) is 5.11 Å². The molecule has 1 aliphatic heterocycles. The van der Waals surface area contributed by atoms with Crippen LogP contribution in [0.2, 0.25) is 0 Å². The van der Waals surface area contributed by atoms with Crippen molar-refractivity contribution in [2.24, 2.45) is 0 Å². The summed E-state index contributed by atoms with van der Waals surface area (Å²) in [7, 11) is 0. The van der Waals surface area contributed by atoms with E-state index in [9.17, 15) is 4.79 Å². The first-order chi connectivity index (χ1) is 7.58. The van der Waals surface area contributed by atoms with Gasteiger partial charge in [-0.1, -0.05) is 6.07 Å². The molecule has 4 heteroatoms. The van der Waals surface area contributed by atoms with Crippen molar-refractivity contribution in [1.82, 2.24) is 9.88 Å². The van der Waals surface area contributed by atoms with Crippen LogP contribution in [-0.4, -0.2) is 33.5 Å². The monoisotopic (exact) mass is 220 g/mol. The van der Waals surface area contributed by atoms with Gasteiger partial charge in [0.05, 0.1) is 0 Å². The van der Waals surface area contributed by atoms with Gasteiger partial charge in [0.1, 0.15) is 5.69 Å². The van der Waals surface area contributed by atoms with E-state index in [1.165, 1.54) is 0 Å². The molecule has 4 nitrogen and oxygen atoms in total. The average Bonchev–Trinajstić information content (AvgIpc) is 2.27. The minimum atomic E-state index is -0.950. The quantitative estimate of drug-likeness (QED) is 0.821. The summed E-state index contributed by atoms with van der Waals surface area (Å²) in [6.45, 7) is 6.18. The third kappa shape index (κ3) is 2.07. The van der Waals surface area contributed by atoms with E-state index in [0.717, 1.165) is 30.8 Å². The Hall–Kier alpha value is -1.42. The van der Waals surface area contributed by atoms with Crippen molar-refractivity contribution in [3.05, 3.63) is 29.1 Å². The van der Waals surface area contributed by atoms with Crippen LogP contribution in [0.5, 0.6) is 0 Å². The first-order valence-electron chi connectivity index (χ1n) is 5.54. The fraction of sp³-hybridized carbons (Fsp3) is 0.500. The Morgan fingerprint density at radius 1 is 1.50 bits per heavy atom. The minimum absolute atomic E-state index is 0.150. The van der Waals surface area contributed by atoms with Crippen molar-refractivity contribution < 1.29 is 9.90 Å². The number of nitrogens with zero attached hydrogens (tertiary/aromatic N) is 2. The van der Waals surface area contributed by atoms with Crippen molar-refractivity contribution >= 4 is 5.97 Å². The number of carboxylic acid groups (broad SMARTS) is 1. The number of carboxylic acids is 1. The zero-order valence-corrected chi connectivity index (χ0v) is 9.60. The zero-order chi connectivity index (χ0) is 11.7. The Kier molecular flexibility index (Phi) is 2.92. The SMILES string of the molecule is CC(C)N1CCc2nc(C(=O)O)ccc2C1. The van der Waals surface area contributed by atoms with Gasteiger partial charge in [0.15, 0.2) is 0 Å². The molecule has 0 spiro atoms. The lowest BCUT2D eigenvalue weighted by Gasteiger charge is -2.31. The fourth-order valence-corrected chi connectivity index (χ4v) is 2.00. The summed E-state index contributed by atoms with van der Waals surface area (Å²) in [6, 6.07) is 4.00. The molecule has 0 radical (unpaired) electrons. The standard InChI is InChI=1S/C12H16N2O2/c1-8(2)14-6-5-10-9(7-14)3-4-11(13-10)12(15)16/h3-4,8H,5-7H2,1-2H3,(H,15,16). The number of hydrogen-bond donors (Lipinski definition) is 1. The number of hydrogen-bond acceptors (Lipinski definition) is 3. The molecule has 0 fully saturated rings. The fourth-order valence-electron chi connectivity index (χ4n) is 2.00. The molecule has 0 saturated heterocycles. The van der Waals surface area contributed by atoms with Gasteiger partial charge < -0.3 is 5.11 Å². The Bertz CT molecular complexity index is 415. The second-order valence-electron chi connectivity index (χ2n) is 4.42. The topological polar surface area (TPSA) is 53.4 Å². The highest BCUT2D eigenvalue weighted by atomic mass is 16.4. The van der Waals surface area contributed by atoms with Gasteiger partial charge in [-0.25, -0.2) is 9.78 Å². The van der Waals surface area contributed by atoms with E-state index < -0.39 is 5.97 Å². The molecule has 16 heavy (non-hydrogen) atoms. The normalized spacial score (nSPS) is 16.2. The molecule has 86 valence electrons. The van der Waals surface area contributed by atoms with Crippen LogP contribution in [0.25, 0.3) is 0 Å². The van der Waals surface area contributed by atoms with E-state index in [0.29, 0.717) is 6.04 Å². The maximum Gasteiger partial charge on any atom is 0.354 e. The van der Waals surface area contributed by atoms with Crippen molar-refractivity contribution in [3.8, 4) is 0 Å². The molecule has 0 aromatic carbocycles. The lowest BCUT2D eigenvalue weighted by molar-refractivity contribution is 0.0689. The summed E-state index contributed by atoms with van der Waals surface area (Å²) in [4.78, 5) is 17.3. The Morgan fingerprint density at radius 2 is 2.25 bits per heavy atom. The van der Waals surface area contributed by atoms with Gasteiger partial charge in [-0.3, -0.25) is 4.90 Å². The molecule has 0 aliphatic carbocycles. The second-order valence-corrected chi connectivity index (χ2v) is 4.42. The van der Waals surface area contributed by atoms with Crippen LogP contribution in [0, 0.1) is 0 Å². The molecular weight excluding hydrogens is 204 g/mol. The minimum Gasteiger partial charge on any atom is -0.477 e. The van der Waals surface area contributed by atoms with Gasteiger partial charge in [-0.05, 0) is 25.5 Å². The van der Waals surface area contributed by atoms with E-state index in [1.54, 1.807) is 6.07 Å². The van der Waals surface area contributed by atoms with Gasteiger partial charge in [0.2, 0.25) is 0 Å². The van der Waals surface area contributed by atoms with Crippen LogP contribution in [0.15, 0.2) is 12.1 Å². The van der Waals surface area contributed by atoms with E-state index >= 15 is 0 Å². The second kappa shape index (κ2) is 4.22. The van der Waals surface area contributed by atoms with E-state index in [-0.39, 0.29) is 5.69 Å². The predicted octanol–water partition coefficient (Wildman–Crippen LogP) is 1.55. The van der Waals surface area contributed by atoms with Gasteiger partial charge in [-0.15, -0.1) is 0 Å². The Morgan fingerprint density at radius 3 is 2.88 bits per heavy atom. The predicted molar refractivity (Wildman–Crippen MR) is 60.4 cm³/mol. The van der Waals surface area contributed by atoms with Crippen molar-refractivity contribution in [1.29, 1.82) is 0 Å². The lowest BCUT2D eigenvalue weighted by atomic mass is 10.0. The Labute approximate surface area is 94.9 Å². The number of carbonyl (C=O) groups is 1. The van der Waals surface area contributed by atoms with Crippen LogP contribution in [0.1, 0.15) is 35.6 Å². The molecule has 0 amide bonds. The number of aromatic nitrogens is 1. The summed E-state index contributed by atoms with van der Waals surface area (Å²) in [5.74, 6) is -0.950. The third-order valence-electron chi connectivity index (χ3n) is 3.03. The van der Waals surface area contributed by atoms with Gasteiger partial charge >= 0.3 is 5.97 Å². The maximum atomic E-state index is 10.8. The van der Waals surface area contributed by atoms with Crippen LogP contribution < -0.4 is 0 Å². The molecular formula is C12H16N2O2. The van der Waals surface area contributed by atoms with Crippen LogP contribution in [-0.2, 0) is 13.0 Å². The highest BCUT2D eigenvalue weighted by Crippen LogP contribution is 2.19. The zero-order valence-electron chi connectivity index (χ0n) is 9.60. The summed E-state index contributed by atoms with van der Waals surface area (Å²) in [5, 5.41) is 8.85. The summed E-state index contributed by atoms with van der Waals surface area (Å²) < 4.78 is 0. The van der Waals surface area contributed by atoms with Crippen molar-refractivity contribution in [2.45, 2.75) is 32.9 Å².